The highest BCUT2D eigenvalue weighted by molar-refractivity contribution is 6.09. The van der Waals surface area contributed by atoms with E-state index in [1.807, 2.05) is 18.5 Å². The smallest absolute Gasteiger partial charge is 0.0711 e. The normalized spacial score (nSPS) is 12.8. The number of rotatable bonds is 3. The molecule has 124 valence electrons. The first-order valence-corrected chi connectivity index (χ1v) is 8.88. The standard InChI is InChI=1S/C23H22N2/c1-15(2)16(3)23-22-19(10-9-17-11-12-24-14-20(17)22)13-21(25-23)18-7-5-4-6-8-18/h4-16H,1-3H3. The molecule has 1 atom stereocenters. The van der Waals surface area contributed by atoms with Crippen LogP contribution >= 0.6 is 0 Å². The van der Waals surface area contributed by atoms with Crippen LogP contribution in [0.1, 0.15) is 32.4 Å². The summed E-state index contributed by atoms with van der Waals surface area (Å²) in [6, 6.07) is 19.1. The average molecular weight is 326 g/mol. The lowest BCUT2D eigenvalue weighted by atomic mass is 9.89. The summed E-state index contributed by atoms with van der Waals surface area (Å²) in [5.74, 6) is 0.894. The number of fused-ring (bicyclic) bond motifs is 3. The minimum Gasteiger partial charge on any atom is -0.264 e. The molecule has 0 amide bonds. The lowest BCUT2D eigenvalue weighted by Crippen LogP contribution is -2.06. The molecule has 2 heterocycles. The van der Waals surface area contributed by atoms with Crippen molar-refractivity contribution in [3.63, 3.8) is 0 Å². The molecule has 1 unspecified atom stereocenters. The molecule has 2 heteroatoms. The Hall–Kier alpha value is -2.74. The van der Waals surface area contributed by atoms with E-state index in [1.165, 1.54) is 27.2 Å². The second-order valence-electron chi connectivity index (χ2n) is 7.05. The minimum absolute atomic E-state index is 0.372. The van der Waals surface area contributed by atoms with Crippen LogP contribution in [0.2, 0.25) is 0 Å². The van der Waals surface area contributed by atoms with E-state index in [2.05, 4.69) is 74.3 Å². The molecule has 0 spiro atoms. The Morgan fingerprint density at radius 3 is 2.36 bits per heavy atom. The first-order valence-electron chi connectivity index (χ1n) is 8.88. The van der Waals surface area contributed by atoms with Gasteiger partial charge in [-0.3, -0.25) is 9.97 Å². The molecule has 0 bridgehead atoms. The van der Waals surface area contributed by atoms with Gasteiger partial charge in [-0.05, 0) is 28.8 Å². The molecule has 4 rings (SSSR count). The third kappa shape index (κ3) is 2.78. The van der Waals surface area contributed by atoms with E-state index < -0.39 is 0 Å². The maximum absolute atomic E-state index is 5.11. The van der Waals surface area contributed by atoms with E-state index in [0.29, 0.717) is 11.8 Å². The van der Waals surface area contributed by atoms with Gasteiger partial charge in [-0.15, -0.1) is 0 Å². The Bertz CT molecular complexity index is 1040. The van der Waals surface area contributed by atoms with E-state index in [1.54, 1.807) is 0 Å². The molecule has 0 saturated carbocycles. The quantitative estimate of drug-likeness (QED) is 0.418. The Balaban J connectivity index is 2.09. The molecule has 0 fully saturated rings. The first kappa shape index (κ1) is 15.8. The number of hydrogen-bond acceptors (Lipinski definition) is 2. The highest BCUT2D eigenvalue weighted by Crippen LogP contribution is 2.36. The van der Waals surface area contributed by atoms with Crippen LogP contribution in [0.4, 0.5) is 0 Å². The summed E-state index contributed by atoms with van der Waals surface area (Å²) < 4.78 is 0. The SMILES string of the molecule is CC(C)C(C)c1nc(-c2ccccc2)cc2ccc3ccncc3c12. The average Bonchev–Trinajstić information content (AvgIpc) is 2.67. The third-order valence-corrected chi connectivity index (χ3v) is 5.15. The summed E-state index contributed by atoms with van der Waals surface area (Å²) in [6.07, 6.45) is 3.82. The number of benzene rings is 2. The molecule has 0 N–H and O–H groups in total. The van der Waals surface area contributed by atoms with Gasteiger partial charge in [0.15, 0.2) is 0 Å². The van der Waals surface area contributed by atoms with Gasteiger partial charge < -0.3 is 0 Å². The Labute approximate surface area is 148 Å². The summed E-state index contributed by atoms with van der Waals surface area (Å²) in [4.78, 5) is 9.48. The highest BCUT2D eigenvalue weighted by atomic mass is 14.7. The van der Waals surface area contributed by atoms with E-state index in [0.717, 1.165) is 11.3 Å². The Morgan fingerprint density at radius 1 is 0.840 bits per heavy atom. The number of aromatic nitrogens is 2. The van der Waals surface area contributed by atoms with Crippen molar-refractivity contribution in [1.29, 1.82) is 0 Å². The van der Waals surface area contributed by atoms with E-state index >= 15 is 0 Å². The number of pyridine rings is 2. The fraction of sp³-hybridized carbons (Fsp3) is 0.217. The number of nitrogens with zero attached hydrogens (tertiary/aromatic N) is 2. The Morgan fingerprint density at radius 2 is 1.60 bits per heavy atom. The summed E-state index contributed by atoms with van der Waals surface area (Å²) >= 11 is 0. The zero-order valence-electron chi connectivity index (χ0n) is 14.9. The molecule has 25 heavy (non-hydrogen) atoms. The van der Waals surface area contributed by atoms with E-state index in [4.69, 9.17) is 4.98 Å². The largest absolute Gasteiger partial charge is 0.264 e. The second-order valence-corrected chi connectivity index (χ2v) is 7.05. The topological polar surface area (TPSA) is 25.8 Å². The lowest BCUT2D eigenvalue weighted by Gasteiger charge is -2.20. The molecule has 2 nitrogen and oxygen atoms in total. The highest BCUT2D eigenvalue weighted by Gasteiger charge is 2.18. The summed E-state index contributed by atoms with van der Waals surface area (Å²) in [5, 5.41) is 4.88. The van der Waals surface area contributed by atoms with Crippen LogP contribution in [0.15, 0.2) is 67.0 Å². The van der Waals surface area contributed by atoms with Crippen molar-refractivity contribution in [2.24, 2.45) is 5.92 Å². The van der Waals surface area contributed by atoms with Gasteiger partial charge >= 0.3 is 0 Å². The predicted molar refractivity (Wildman–Crippen MR) is 106 cm³/mol. The van der Waals surface area contributed by atoms with Crippen LogP contribution in [0, 0.1) is 5.92 Å². The summed E-state index contributed by atoms with van der Waals surface area (Å²) in [6.45, 7) is 6.80. The maximum atomic E-state index is 5.11. The summed E-state index contributed by atoms with van der Waals surface area (Å²) in [5.41, 5.74) is 3.37. The minimum atomic E-state index is 0.372. The third-order valence-electron chi connectivity index (χ3n) is 5.15. The molecule has 0 aliphatic heterocycles. The molecular formula is C23H22N2. The fourth-order valence-electron chi connectivity index (χ4n) is 3.35. The summed E-state index contributed by atoms with van der Waals surface area (Å²) in [7, 11) is 0. The van der Waals surface area contributed by atoms with E-state index in [9.17, 15) is 0 Å². The van der Waals surface area contributed by atoms with Crippen molar-refractivity contribution in [2.75, 3.05) is 0 Å². The van der Waals surface area contributed by atoms with Crippen LogP contribution in [0.3, 0.4) is 0 Å². The van der Waals surface area contributed by atoms with Crippen LogP contribution in [-0.2, 0) is 0 Å². The number of hydrogen-bond donors (Lipinski definition) is 0. The van der Waals surface area contributed by atoms with Crippen molar-refractivity contribution in [1.82, 2.24) is 9.97 Å². The first-order chi connectivity index (χ1) is 12.1. The monoisotopic (exact) mass is 326 g/mol. The maximum Gasteiger partial charge on any atom is 0.0711 e. The van der Waals surface area contributed by atoms with Crippen molar-refractivity contribution in [2.45, 2.75) is 26.7 Å². The molecule has 0 aliphatic carbocycles. The zero-order valence-corrected chi connectivity index (χ0v) is 14.9. The molecule has 0 aliphatic rings. The van der Waals surface area contributed by atoms with Gasteiger partial charge in [-0.25, -0.2) is 0 Å². The fourth-order valence-corrected chi connectivity index (χ4v) is 3.35. The van der Waals surface area contributed by atoms with Gasteiger partial charge in [-0.1, -0.05) is 63.2 Å². The van der Waals surface area contributed by atoms with E-state index in [-0.39, 0.29) is 0 Å². The van der Waals surface area contributed by atoms with Gasteiger partial charge in [0, 0.05) is 34.6 Å². The van der Waals surface area contributed by atoms with Crippen LogP contribution in [0.5, 0.6) is 0 Å². The van der Waals surface area contributed by atoms with Crippen molar-refractivity contribution in [3.05, 3.63) is 72.7 Å². The van der Waals surface area contributed by atoms with Gasteiger partial charge in [0.2, 0.25) is 0 Å². The van der Waals surface area contributed by atoms with Crippen LogP contribution in [0.25, 0.3) is 32.8 Å². The Kier molecular flexibility index (Phi) is 3.96. The van der Waals surface area contributed by atoms with Crippen molar-refractivity contribution >= 4 is 21.5 Å². The van der Waals surface area contributed by atoms with Gasteiger partial charge in [-0.2, -0.15) is 0 Å². The zero-order chi connectivity index (χ0) is 17.4. The van der Waals surface area contributed by atoms with Gasteiger partial charge in [0.25, 0.3) is 0 Å². The van der Waals surface area contributed by atoms with Gasteiger partial charge in [0.05, 0.1) is 11.4 Å². The lowest BCUT2D eigenvalue weighted by molar-refractivity contribution is 0.528. The van der Waals surface area contributed by atoms with Crippen molar-refractivity contribution in [3.8, 4) is 11.3 Å². The molecular weight excluding hydrogens is 304 g/mol. The molecule has 4 aromatic rings. The second kappa shape index (κ2) is 6.29. The molecule has 0 saturated heterocycles. The molecule has 0 radical (unpaired) electrons. The van der Waals surface area contributed by atoms with Crippen molar-refractivity contribution < 1.29 is 0 Å². The molecule has 2 aromatic heterocycles. The van der Waals surface area contributed by atoms with Crippen LogP contribution < -0.4 is 0 Å². The van der Waals surface area contributed by atoms with Crippen LogP contribution in [-0.4, -0.2) is 9.97 Å². The molecule has 2 aromatic carbocycles. The van der Waals surface area contributed by atoms with Gasteiger partial charge in [0.1, 0.15) is 0 Å². The predicted octanol–water partition coefficient (Wildman–Crippen LogP) is 6.21.